The average molecular weight is 241 g/mol. The van der Waals surface area contributed by atoms with Crippen molar-refractivity contribution in [3.05, 3.63) is 24.3 Å². The summed E-state index contributed by atoms with van der Waals surface area (Å²) in [5, 5.41) is 0. The maximum Gasteiger partial charge on any atom is 0.119 e. The Morgan fingerprint density at radius 1 is 1.25 bits per heavy atom. The van der Waals surface area contributed by atoms with Crippen LogP contribution in [0.2, 0.25) is 0 Å². The lowest BCUT2D eigenvalue weighted by atomic mass is 10.3. The average Bonchev–Trinajstić information content (AvgIpc) is 2.27. The second-order valence-corrected chi connectivity index (χ2v) is 5.32. The van der Waals surface area contributed by atoms with Crippen molar-refractivity contribution in [2.75, 3.05) is 23.8 Å². The van der Waals surface area contributed by atoms with Gasteiger partial charge in [-0.25, -0.2) is 0 Å². The number of hydrogen-bond acceptors (Lipinski definition) is 3. The van der Waals surface area contributed by atoms with Crippen LogP contribution in [0.3, 0.4) is 0 Å². The molecule has 1 aromatic rings. The van der Waals surface area contributed by atoms with Gasteiger partial charge in [0.1, 0.15) is 5.75 Å². The summed E-state index contributed by atoms with van der Waals surface area (Å²) in [5.41, 5.74) is 6.29. The fourth-order valence-electron chi connectivity index (χ4n) is 1.30. The van der Waals surface area contributed by atoms with Crippen LogP contribution in [0.15, 0.2) is 24.3 Å². The van der Waals surface area contributed by atoms with Crippen molar-refractivity contribution in [2.45, 2.75) is 19.8 Å². The first kappa shape index (κ1) is 13.0. The minimum Gasteiger partial charge on any atom is -0.494 e. The van der Waals surface area contributed by atoms with Crippen molar-refractivity contribution in [2.24, 2.45) is 0 Å². The van der Waals surface area contributed by atoms with E-state index < -0.39 is 10.8 Å². The highest BCUT2D eigenvalue weighted by atomic mass is 32.2. The third-order valence-corrected chi connectivity index (χ3v) is 3.70. The Hall–Kier alpha value is -1.03. The number of ether oxygens (including phenoxy) is 1. The van der Waals surface area contributed by atoms with Crippen molar-refractivity contribution in [1.82, 2.24) is 0 Å². The largest absolute Gasteiger partial charge is 0.494 e. The van der Waals surface area contributed by atoms with Gasteiger partial charge in [-0.15, -0.1) is 0 Å². The Labute approximate surface area is 99.4 Å². The van der Waals surface area contributed by atoms with Crippen LogP contribution < -0.4 is 10.5 Å². The molecule has 1 aromatic carbocycles. The van der Waals surface area contributed by atoms with E-state index in [-0.39, 0.29) is 0 Å². The van der Waals surface area contributed by atoms with Crippen LogP contribution in [0, 0.1) is 0 Å². The van der Waals surface area contributed by atoms with Crippen LogP contribution in [-0.2, 0) is 10.8 Å². The second kappa shape index (κ2) is 7.28. The minimum absolute atomic E-state index is 0.610. The van der Waals surface area contributed by atoms with E-state index in [4.69, 9.17) is 10.5 Å². The molecule has 0 aliphatic heterocycles. The fraction of sp³-hybridized carbons (Fsp3) is 0.500. The Balaban J connectivity index is 2.16. The molecule has 0 bridgehead atoms. The van der Waals surface area contributed by atoms with Gasteiger partial charge >= 0.3 is 0 Å². The number of nitrogens with two attached hydrogens (primary N) is 1. The zero-order valence-electron chi connectivity index (χ0n) is 9.65. The Kier molecular flexibility index (Phi) is 5.93. The molecule has 90 valence electrons. The lowest BCUT2D eigenvalue weighted by molar-refractivity contribution is 0.318. The smallest absolute Gasteiger partial charge is 0.119 e. The van der Waals surface area contributed by atoms with Crippen LogP contribution in [0.25, 0.3) is 0 Å². The van der Waals surface area contributed by atoms with Gasteiger partial charge in [0.25, 0.3) is 0 Å². The lowest BCUT2D eigenvalue weighted by Gasteiger charge is -2.06. The first-order chi connectivity index (χ1) is 7.72. The first-order valence-corrected chi connectivity index (χ1v) is 7.04. The Morgan fingerprint density at radius 3 is 2.56 bits per heavy atom. The molecule has 0 radical (unpaired) electrons. The first-order valence-electron chi connectivity index (χ1n) is 5.55. The van der Waals surface area contributed by atoms with Crippen molar-refractivity contribution in [3.63, 3.8) is 0 Å². The summed E-state index contributed by atoms with van der Waals surface area (Å²) >= 11 is 0. The topological polar surface area (TPSA) is 52.3 Å². The Morgan fingerprint density at radius 2 is 1.94 bits per heavy atom. The molecule has 3 nitrogen and oxygen atoms in total. The number of hydrogen-bond donors (Lipinski definition) is 1. The molecule has 1 atom stereocenters. The van der Waals surface area contributed by atoms with Gasteiger partial charge in [0.2, 0.25) is 0 Å². The predicted molar refractivity (Wildman–Crippen MR) is 69.1 cm³/mol. The third-order valence-electron chi connectivity index (χ3n) is 2.10. The zero-order valence-corrected chi connectivity index (χ0v) is 10.5. The quantitative estimate of drug-likeness (QED) is 0.588. The van der Waals surface area contributed by atoms with Gasteiger partial charge < -0.3 is 10.5 Å². The summed E-state index contributed by atoms with van der Waals surface area (Å²) < 4.78 is 16.8. The van der Waals surface area contributed by atoms with Crippen LogP contribution >= 0.6 is 0 Å². The van der Waals surface area contributed by atoms with Gasteiger partial charge in [-0.05, 0) is 37.1 Å². The van der Waals surface area contributed by atoms with E-state index >= 15 is 0 Å². The Bertz CT molecular complexity index is 324. The molecule has 1 rings (SSSR count). The fourth-order valence-corrected chi connectivity index (χ4v) is 2.40. The molecular formula is C12H19NO2S. The number of benzene rings is 1. The number of nitrogen functional groups attached to an aromatic ring is 1. The van der Waals surface area contributed by atoms with Gasteiger partial charge in [-0.1, -0.05) is 6.92 Å². The predicted octanol–water partition coefficient (Wildman–Crippen LogP) is 2.20. The van der Waals surface area contributed by atoms with Gasteiger partial charge in [0.05, 0.1) is 6.61 Å². The van der Waals surface area contributed by atoms with Crippen LogP contribution in [0.1, 0.15) is 19.8 Å². The van der Waals surface area contributed by atoms with E-state index in [1.54, 1.807) is 0 Å². The maximum absolute atomic E-state index is 11.3. The molecule has 0 aliphatic rings. The number of anilines is 1. The molecule has 0 spiro atoms. The van der Waals surface area contributed by atoms with E-state index in [2.05, 4.69) is 0 Å². The molecule has 0 fully saturated rings. The summed E-state index contributed by atoms with van der Waals surface area (Å²) in [6, 6.07) is 7.31. The van der Waals surface area contributed by atoms with Gasteiger partial charge in [0, 0.05) is 28.0 Å². The summed E-state index contributed by atoms with van der Waals surface area (Å²) in [6.07, 6.45) is 1.81. The van der Waals surface area contributed by atoms with E-state index in [9.17, 15) is 4.21 Å². The van der Waals surface area contributed by atoms with E-state index in [0.29, 0.717) is 6.61 Å². The molecule has 4 heteroatoms. The van der Waals surface area contributed by atoms with Gasteiger partial charge in [0.15, 0.2) is 0 Å². The molecule has 0 aromatic heterocycles. The summed E-state index contributed by atoms with van der Waals surface area (Å²) in [6.45, 7) is 2.65. The third kappa shape index (κ3) is 5.16. The molecule has 0 saturated heterocycles. The molecule has 1 unspecified atom stereocenters. The molecule has 16 heavy (non-hydrogen) atoms. The van der Waals surface area contributed by atoms with E-state index in [1.807, 2.05) is 31.2 Å². The summed E-state index contributed by atoms with van der Waals surface area (Å²) in [4.78, 5) is 0. The van der Waals surface area contributed by atoms with Crippen LogP contribution in [-0.4, -0.2) is 22.3 Å². The normalized spacial score (nSPS) is 12.3. The zero-order chi connectivity index (χ0) is 11.8. The van der Waals surface area contributed by atoms with Crippen LogP contribution in [0.5, 0.6) is 5.75 Å². The van der Waals surface area contributed by atoms with E-state index in [0.717, 1.165) is 35.8 Å². The van der Waals surface area contributed by atoms with Gasteiger partial charge in [-0.2, -0.15) is 0 Å². The van der Waals surface area contributed by atoms with Crippen molar-refractivity contribution in [3.8, 4) is 5.75 Å². The molecule has 0 amide bonds. The molecular weight excluding hydrogens is 222 g/mol. The molecule has 2 N–H and O–H groups in total. The van der Waals surface area contributed by atoms with Crippen molar-refractivity contribution < 1.29 is 8.95 Å². The standard InChI is InChI=1S/C12H19NO2S/c1-2-9-16(14)10-3-8-15-12-6-4-11(13)5-7-12/h4-7H,2-3,8-10,13H2,1H3. The highest BCUT2D eigenvalue weighted by molar-refractivity contribution is 7.84. The van der Waals surface area contributed by atoms with Crippen molar-refractivity contribution in [1.29, 1.82) is 0 Å². The van der Waals surface area contributed by atoms with Crippen LogP contribution in [0.4, 0.5) is 5.69 Å². The van der Waals surface area contributed by atoms with Crippen molar-refractivity contribution >= 4 is 16.5 Å². The highest BCUT2D eigenvalue weighted by Gasteiger charge is 1.98. The highest BCUT2D eigenvalue weighted by Crippen LogP contribution is 2.13. The number of rotatable bonds is 7. The maximum atomic E-state index is 11.3. The monoisotopic (exact) mass is 241 g/mol. The summed E-state index contributed by atoms with van der Waals surface area (Å²) in [5.74, 6) is 2.33. The molecule has 0 saturated carbocycles. The second-order valence-electron chi connectivity index (χ2n) is 3.62. The summed E-state index contributed by atoms with van der Waals surface area (Å²) in [7, 11) is -0.682. The SMILES string of the molecule is CCCS(=O)CCCOc1ccc(N)cc1. The lowest BCUT2D eigenvalue weighted by Crippen LogP contribution is -2.06. The minimum atomic E-state index is -0.682. The van der Waals surface area contributed by atoms with E-state index in [1.165, 1.54) is 0 Å². The van der Waals surface area contributed by atoms with Gasteiger partial charge in [-0.3, -0.25) is 4.21 Å². The molecule has 0 aliphatic carbocycles. The molecule has 0 heterocycles.